The van der Waals surface area contributed by atoms with Gasteiger partial charge in [-0.3, -0.25) is 24.0 Å². The van der Waals surface area contributed by atoms with Crippen molar-refractivity contribution in [2.75, 3.05) is 35.5 Å². The number of aromatic hydroxyl groups is 2. The molecule has 5 amide bonds. The fourth-order valence-electron chi connectivity index (χ4n) is 9.25. The summed E-state index contributed by atoms with van der Waals surface area (Å²) in [5.41, 5.74) is 0.363. The number of benzene rings is 4. The van der Waals surface area contributed by atoms with Crippen LogP contribution in [0.4, 0.5) is 22.7 Å². The predicted molar refractivity (Wildman–Crippen MR) is 224 cm³/mol. The maximum absolute atomic E-state index is 13.3. The number of rotatable bonds is 14. The Bertz CT molecular complexity index is 2450. The van der Waals surface area contributed by atoms with Crippen LogP contribution in [0.1, 0.15) is 80.0 Å². The van der Waals surface area contributed by atoms with E-state index in [1.54, 1.807) is 24.3 Å². The normalized spacial score (nSPS) is 19.9. The molecule has 0 aliphatic heterocycles. The second kappa shape index (κ2) is 17.9. The van der Waals surface area contributed by atoms with Gasteiger partial charge in [-0.2, -0.15) is 5.26 Å². The van der Waals surface area contributed by atoms with Crippen LogP contribution in [-0.2, 0) is 9.59 Å². The second-order valence-corrected chi connectivity index (χ2v) is 15.8. The minimum atomic E-state index is -1.42. The van der Waals surface area contributed by atoms with Crippen molar-refractivity contribution in [1.82, 2.24) is 5.32 Å². The van der Waals surface area contributed by atoms with E-state index in [1.807, 2.05) is 6.07 Å². The molecule has 4 aromatic rings. The van der Waals surface area contributed by atoms with E-state index >= 15 is 0 Å². The summed E-state index contributed by atoms with van der Waals surface area (Å²) in [6.45, 7) is 0. The molecule has 4 aliphatic carbocycles. The summed E-state index contributed by atoms with van der Waals surface area (Å²) in [7, 11) is 2.37. The summed E-state index contributed by atoms with van der Waals surface area (Å²) in [6, 6.07) is 17.5. The Morgan fingerprint density at radius 3 is 1.65 bits per heavy atom. The number of hydrogen-bond donors (Lipinski definition) is 8. The first-order valence-electron chi connectivity index (χ1n) is 19.9. The number of anilines is 4. The zero-order chi connectivity index (χ0) is 44.2. The van der Waals surface area contributed by atoms with Crippen LogP contribution >= 0.6 is 0 Å². The lowest BCUT2D eigenvalue weighted by Crippen LogP contribution is -2.49. The van der Waals surface area contributed by atoms with Crippen LogP contribution in [0.25, 0.3) is 0 Å². The third-order valence-electron chi connectivity index (χ3n) is 11.9. The van der Waals surface area contributed by atoms with Crippen molar-refractivity contribution in [3.8, 4) is 29.1 Å². The zero-order valence-electron chi connectivity index (χ0n) is 33.7. The summed E-state index contributed by atoms with van der Waals surface area (Å²) in [6.07, 6.45) is 5.47. The zero-order valence-corrected chi connectivity index (χ0v) is 33.7. The average molecular weight is 845 g/mol. The van der Waals surface area contributed by atoms with Gasteiger partial charge in [-0.1, -0.05) is 0 Å². The molecule has 0 saturated heterocycles. The van der Waals surface area contributed by atoms with Gasteiger partial charge in [0.05, 0.1) is 43.6 Å². The molecule has 17 heteroatoms. The number of carboxylic acid groups (broad SMARTS) is 1. The Morgan fingerprint density at radius 1 is 0.645 bits per heavy atom. The Balaban J connectivity index is 0.935. The van der Waals surface area contributed by atoms with Crippen molar-refractivity contribution in [1.29, 1.82) is 5.26 Å². The van der Waals surface area contributed by atoms with E-state index < -0.39 is 52.7 Å². The molecule has 62 heavy (non-hydrogen) atoms. The number of nitrogens with one attached hydrogen (secondary N) is 5. The van der Waals surface area contributed by atoms with Crippen LogP contribution in [0, 0.1) is 40.9 Å². The van der Waals surface area contributed by atoms with Gasteiger partial charge in [0.25, 0.3) is 17.7 Å². The molecule has 8 rings (SSSR count). The Kier molecular flexibility index (Phi) is 12.3. The number of carbonyl (C=O) groups is 6. The van der Waals surface area contributed by atoms with Gasteiger partial charge in [0.15, 0.2) is 23.0 Å². The highest BCUT2D eigenvalue weighted by atomic mass is 16.5. The second-order valence-electron chi connectivity index (χ2n) is 15.8. The molecule has 0 heterocycles. The minimum absolute atomic E-state index is 0.00272. The lowest BCUT2D eigenvalue weighted by Gasteiger charge is -2.53. The molecule has 1 unspecified atom stereocenters. The molecular weight excluding hydrogens is 801 g/mol. The molecule has 4 aliphatic rings. The molecule has 4 fully saturated rings. The van der Waals surface area contributed by atoms with E-state index in [4.69, 9.17) is 9.47 Å². The van der Waals surface area contributed by atoms with Crippen molar-refractivity contribution >= 4 is 58.3 Å². The van der Waals surface area contributed by atoms with E-state index in [0.717, 1.165) is 43.6 Å². The van der Waals surface area contributed by atoms with Crippen LogP contribution in [0.2, 0.25) is 0 Å². The minimum Gasteiger partial charge on any atom is -0.504 e. The fraction of sp³-hybridized carbons (Fsp3) is 0.311. The lowest BCUT2D eigenvalue weighted by molar-refractivity contribution is -0.132. The SMILES string of the molecule is COc1c(NC(=O)c2ccc(NC(=O)c3ccc(NC(=O)C(CC#N)NC(=O)c4ccc(NC(=O)C5C6CC7CC(C6)CC5C7)cc4)cc3)c(OC)c2O)ccc(C(=O)O)c1O. The van der Waals surface area contributed by atoms with Gasteiger partial charge in [0, 0.05) is 28.4 Å². The van der Waals surface area contributed by atoms with Gasteiger partial charge in [0.2, 0.25) is 11.8 Å². The summed E-state index contributed by atoms with van der Waals surface area (Å²) < 4.78 is 10.4. The number of nitriles is 1. The number of hydrogen-bond acceptors (Lipinski definition) is 11. The van der Waals surface area contributed by atoms with Crippen LogP contribution < -0.4 is 36.1 Å². The average Bonchev–Trinajstić information content (AvgIpc) is 3.23. The standard InChI is InChI=1S/C45H44N6O11/c1-61-38-32(13-11-30(36(38)52)42(56)50-33-14-12-31(45(59)60)37(53)39(33)62-2)49-40(54)24-3-7-28(8-4-24)47-43(57)34(15-16-46)51-41(55)25-5-9-29(10-6-25)48-44(58)35-26-18-22-17-23(20-26)21-27(35)19-22/h3-14,22-23,26-27,34-35,52-53H,15,17-21H2,1-2H3,(H,47,57)(H,48,58)(H,49,54)(H,50,56)(H,51,55)(H,59,60). The first-order valence-corrected chi connectivity index (χ1v) is 19.9. The maximum Gasteiger partial charge on any atom is 0.339 e. The van der Waals surface area contributed by atoms with Gasteiger partial charge in [-0.15, -0.1) is 0 Å². The van der Waals surface area contributed by atoms with Crippen LogP contribution in [0.3, 0.4) is 0 Å². The molecule has 0 spiro atoms. The smallest absolute Gasteiger partial charge is 0.339 e. The van der Waals surface area contributed by atoms with Gasteiger partial charge in [-0.25, -0.2) is 4.79 Å². The van der Waals surface area contributed by atoms with Crippen molar-refractivity contribution < 1.29 is 53.6 Å². The van der Waals surface area contributed by atoms with E-state index in [2.05, 4.69) is 26.6 Å². The Hall–Kier alpha value is -7.61. The Morgan fingerprint density at radius 2 is 1.13 bits per heavy atom. The largest absolute Gasteiger partial charge is 0.504 e. The summed E-state index contributed by atoms with van der Waals surface area (Å²) >= 11 is 0. The molecule has 4 bridgehead atoms. The van der Waals surface area contributed by atoms with Gasteiger partial charge < -0.3 is 51.4 Å². The van der Waals surface area contributed by atoms with E-state index in [-0.39, 0.29) is 63.5 Å². The van der Waals surface area contributed by atoms with Crippen molar-refractivity contribution in [3.63, 3.8) is 0 Å². The molecule has 17 nitrogen and oxygen atoms in total. The molecule has 4 saturated carbocycles. The highest BCUT2D eigenvalue weighted by Gasteiger charge is 2.50. The van der Waals surface area contributed by atoms with Gasteiger partial charge in [0.1, 0.15) is 11.6 Å². The topological polar surface area (TPSA) is 266 Å². The summed E-state index contributed by atoms with van der Waals surface area (Å²) in [4.78, 5) is 77.4. The third-order valence-corrected chi connectivity index (χ3v) is 11.9. The van der Waals surface area contributed by atoms with Crippen molar-refractivity contribution in [2.24, 2.45) is 29.6 Å². The quantitative estimate of drug-likeness (QED) is 0.0729. The molecular formula is C45H44N6O11. The third kappa shape index (κ3) is 8.80. The van der Waals surface area contributed by atoms with E-state index in [0.29, 0.717) is 17.5 Å². The first-order chi connectivity index (χ1) is 29.8. The number of phenols is 2. The molecule has 0 aromatic heterocycles. The number of methoxy groups -OCH3 is 2. The number of amides is 5. The van der Waals surface area contributed by atoms with E-state index in [9.17, 15) is 49.3 Å². The number of carboxylic acids is 1. The molecule has 320 valence electrons. The summed E-state index contributed by atoms with van der Waals surface area (Å²) in [5, 5.41) is 53.2. The Labute approximate surface area is 355 Å². The number of nitrogens with zero attached hydrogens (tertiary/aromatic N) is 1. The summed E-state index contributed by atoms with van der Waals surface area (Å²) in [5.74, 6) is -3.71. The van der Waals surface area contributed by atoms with Crippen LogP contribution in [0.15, 0.2) is 72.8 Å². The molecule has 4 aromatic carbocycles. The number of aromatic carboxylic acids is 1. The van der Waals surface area contributed by atoms with Crippen LogP contribution in [0.5, 0.6) is 23.0 Å². The molecule has 8 N–H and O–H groups in total. The number of phenolic OH excluding ortho intramolecular Hbond substituents is 1. The highest BCUT2D eigenvalue weighted by Crippen LogP contribution is 2.56. The van der Waals surface area contributed by atoms with Gasteiger partial charge >= 0.3 is 5.97 Å². The van der Waals surface area contributed by atoms with Crippen molar-refractivity contribution in [3.05, 3.63) is 95.1 Å². The number of ether oxygens (including phenoxy) is 2. The fourth-order valence-corrected chi connectivity index (χ4v) is 9.25. The molecule has 1 atom stereocenters. The number of carbonyl (C=O) groups excluding carboxylic acids is 5. The predicted octanol–water partition coefficient (Wildman–Crippen LogP) is 5.98. The van der Waals surface area contributed by atoms with Crippen LogP contribution in [-0.4, -0.2) is 71.1 Å². The lowest BCUT2D eigenvalue weighted by atomic mass is 9.51. The van der Waals surface area contributed by atoms with Crippen molar-refractivity contribution in [2.45, 2.75) is 44.6 Å². The molecule has 0 radical (unpaired) electrons. The first kappa shape index (κ1) is 42.5. The van der Waals surface area contributed by atoms with Gasteiger partial charge in [-0.05, 0) is 129 Å². The van der Waals surface area contributed by atoms with E-state index in [1.165, 1.54) is 63.1 Å². The highest BCUT2D eigenvalue weighted by molar-refractivity contribution is 6.10. The monoisotopic (exact) mass is 844 g/mol. The maximum atomic E-state index is 13.3.